The number of likely N-dealkylation sites (tertiary alicyclic amines) is 1. The van der Waals surface area contributed by atoms with E-state index in [1.807, 2.05) is 47.2 Å². The zero-order chi connectivity index (χ0) is 46.3. The summed E-state index contributed by atoms with van der Waals surface area (Å²) in [4.78, 5) is 67.5. The molecule has 1 saturated carbocycles. The van der Waals surface area contributed by atoms with Crippen LogP contribution in [0.3, 0.4) is 0 Å². The van der Waals surface area contributed by atoms with Gasteiger partial charge in [0.2, 0.25) is 11.8 Å². The minimum absolute atomic E-state index is 0.0438. The molecule has 6 aromatic rings. The van der Waals surface area contributed by atoms with Gasteiger partial charge in [-0.1, -0.05) is 18.2 Å². The molecular formula is C47H50F3N13O4. The van der Waals surface area contributed by atoms with Crippen LogP contribution in [0.4, 0.5) is 36.1 Å². The number of carbonyl (C=O) groups excluding carboxylic acids is 3. The number of imidazole rings is 2. The lowest BCUT2D eigenvalue weighted by Crippen LogP contribution is -2.61. The first-order valence-corrected chi connectivity index (χ1v) is 22.9. The van der Waals surface area contributed by atoms with Crippen molar-refractivity contribution in [2.75, 3.05) is 68.0 Å². The molecule has 20 heteroatoms. The van der Waals surface area contributed by atoms with E-state index in [4.69, 9.17) is 10.1 Å². The summed E-state index contributed by atoms with van der Waals surface area (Å²) in [5, 5.41) is 13.4. The molecule has 5 aliphatic rings. The van der Waals surface area contributed by atoms with Crippen molar-refractivity contribution in [1.29, 1.82) is 0 Å². The molecule has 348 valence electrons. The Morgan fingerprint density at radius 1 is 0.910 bits per heavy atom. The van der Waals surface area contributed by atoms with E-state index in [-0.39, 0.29) is 47.9 Å². The summed E-state index contributed by atoms with van der Waals surface area (Å²) in [6.07, 6.45) is 6.51. The molecule has 1 aliphatic carbocycles. The van der Waals surface area contributed by atoms with Crippen molar-refractivity contribution in [2.45, 2.75) is 69.1 Å². The molecule has 8 heterocycles. The smallest absolute Gasteiger partial charge is 0.329 e. The summed E-state index contributed by atoms with van der Waals surface area (Å²) < 4.78 is 52.3. The Morgan fingerprint density at radius 3 is 2.46 bits per heavy atom. The van der Waals surface area contributed by atoms with Crippen LogP contribution in [0.1, 0.15) is 59.8 Å². The number of aryl methyl sites for hydroxylation is 1. The van der Waals surface area contributed by atoms with Gasteiger partial charge in [0.15, 0.2) is 23.0 Å². The SMILES string of the molecule is CNc1cc(N2CCc3c(-c4ccc(CN5CC[C@@H](N6CCN(c7ccc8c(c7F)n(C)c(=O)n8C7CCC(=O)NC7=O)CC6)C(F)(F)C5)cn4)cccc32)nn2c(C(=O)NC3CC3)cnc12. The number of pyridine rings is 1. The number of piperazine rings is 1. The van der Waals surface area contributed by atoms with Gasteiger partial charge in [0.05, 0.1) is 41.4 Å². The number of amides is 3. The largest absolute Gasteiger partial charge is 0.385 e. The van der Waals surface area contributed by atoms with Gasteiger partial charge in [-0.15, -0.1) is 5.10 Å². The Bertz CT molecular complexity index is 3030. The minimum atomic E-state index is -2.98. The van der Waals surface area contributed by atoms with E-state index in [2.05, 4.69) is 31.9 Å². The maximum absolute atomic E-state index is 16.2. The topological polar surface area (TPSA) is 170 Å². The molecule has 4 fully saturated rings. The first-order valence-electron chi connectivity index (χ1n) is 22.9. The number of piperidine rings is 2. The number of fused-ring (bicyclic) bond motifs is 3. The van der Waals surface area contributed by atoms with Gasteiger partial charge < -0.3 is 20.4 Å². The van der Waals surface area contributed by atoms with Crippen molar-refractivity contribution in [2.24, 2.45) is 7.05 Å². The van der Waals surface area contributed by atoms with Gasteiger partial charge in [-0.25, -0.2) is 27.5 Å². The van der Waals surface area contributed by atoms with E-state index in [9.17, 15) is 19.2 Å². The van der Waals surface area contributed by atoms with Gasteiger partial charge in [-0.05, 0) is 67.5 Å². The number of nitrogens with zero attached hydrogens (tertiary/aromatic N) is 10. The first kappa shape index (κ1) is 42.8. The van der Waals surface area contributed by atoms with Crippen LogP contribution in [0.15, 0.2) is 65.7 Å². The second-order valence-electron chi connectivity index (χ2n) is 18.3. The van der Waals surface area contributed by atoms with E-state index in [1.54, 1.807) is 33.9 Å². The molecule has 2 atom stereocenters. The number of aromatic nitrogens is 6. The van der Waals surface area contributed by atoms with Crippen molar-refractivity contribution in [3.8, 4) is 11.3 Å². The predicted octanol–water partition coefficient (Wildman–Crippen LogP) is 4.22. The van der Waals surface area contributed by atoms with Crippen LogP contribution in [0, 0.1) is 5.82 Å². The van der Waals surface area contributed by atoms with E-state index in [1.165, 1.54) is 16.2 Å². The molecule has 67 heavy (non-hydrogen) atoms. The van der Waals surface area contributed by atoms with E-state index >= 15 is 13.2 Å². The number of rotatable bonds is 10. The van der Waals surface area contributed by atoms with Crippen LogP contribution in [0.25, 0.3) is 27.9 Å². The van der Waals surface area contributed by atoms with Crippen LogP contribution in [0.2, 0.25) is 0 Å². The van der Waals surface area contributed by atoms with Crippen molar-refractivity contribution in [1.82, 2.24) is 49.1 Å². The highest BCUT2D eigenvalue weighted by Crippen LogP contribution is 2.41. The highest BCUT2D eigenvalue weighted by atomic mass is 19.3. The maximum Gasteiger partial charge on any atom is 0.329 e. The van der Waals surface area contributed by atoms with Crippen molar-refractivity contribution >= 4 is 57.3 Å². The zero-order valence-electron chi connectivity index (χ0n) is 37.1. The maximum atomic E-state index is 16.2. The number of carbonyl (C=O) groups is 3. The lowest BCUT2D eigenvalue weighted by Gasteiger charge is -2.46. The number of alkyl halides is 2. The van der Waals surface area contributed by atoms with Gasteiger partial charge in [-0.2, -0.15) is 0 Å². The van der Waals surface area contributed by atoms with Crippen LogP contribution in [-0.2, 0) is 29.6 Å². The molecule has 4 aliphatic heterocycles. The highest BCUT2D eigenvalue weighted by molar-refractivity contribution is 6.00. The summed E-state index contributed by atoms with van der Waals surface area (Å²) in [7, 11) is 3.26. The Labute approximate surface area is 382 Å². The molecule has 3 N–H and O–H groups in total. The van der Waals surface area contributed by atoms with Gasteiger partial charge >= 0.3 is 5.69 Å². The number of imide groups is 1. The lowest BCUT2D eigenvalue weighted by atomic mass is 9.97. The molecule has 2 aromatic carbocycles. The molecule has 0 bridgehead atoms. The molecule has 17 nitrogen and oxygen atoms in total. The fourth-order valence-electron chi connectivity index (χ4n) is 10.5. The number of halogens is 3. The second-order valence-corrected chi connectivity index (χ2v) is 18.3. The molecule has 0 radical (unpaired) electrons. The predicted molar refractivity (Wildman–Crippen MR) is 244 cm³/mol. The second kappa shape index (κ2) is 16.5. The molecule has 0 spiro atoms. The quantitative estimate of drug-likeness (QED) is 0.168. The van der Waals surface area contributed by atoms with Crippen LogP contribution in [0.5, 0.6) is 0 Å². The number of hydrogen-bond acceptors (Lipinski definition) is 12. The standard InChI is InChI=1S/C47H50F3N13O4/c1-51-32-22-39(56-63-37(24-53-43(32)63)45(66)54-28-7-8-28)61-17-14-30-29(4-3-5-33(30)61)31-9-6-27(23-52-31)25-58-16-15-38(47(49,50)26-58)60-20-18-59(19-21-60)34-10-11-35-42(41(34)48)57(2)46(67)62(35)36-12-13-40(64)55-44(36)65/h3-6,9-11,22-24,28,36,38,51H,7-8,12-21,25-26H2,1-2H3,(H,54,66)(H,55,64,65)/t36?,38-/m1/s1. The third kappa shape index (κ3) is 7.55. The van der Waals surface area contributed by atoms with E-state index in [0.29, 0.717) is 63.0 Å². The third-order valence-electron chi connectivity index (χ3n) is 14.1. The Kier molecular flexibility index (Phi) is 10.6. The van der Waals surface area contributed by atoms with Crippen molar-refractivity contribution in [3.63, 3.8) is 0 Å². The summed E-state index contributed by atoms with van der Waals surface area (Å²) >= 11 is 0. The third-order valence-corrected chi connectivity index (χ3v) is 14.1. The Balaban J connectivity index is 0.731. The zero-order valence-corrected chi connectivity index (χ0v) is 37.1. The normalized spacial score (nSPS) is 21.3. The summed E-state index contributed by atoms with van der Waals surface area (Å²) in [6.45, 7) is 2.35. The van der Waals surface area contributed by atoms with Gasteiger partial charge in [-0.3, -0.25) is 43.6 Å². The fraction of sp³-hybridized carbons (Fsp3) is 0.426. The highest BCUT2D eigenvalue weighted by Gasteiger charge is 2.48. The summed E-state index contributed by atoms with van der Waals surface area (Å²) in [6, 6.07) is 13.4. The monoisotopic (exact) mass is 917 g/mol. The summed E-state index contributed by atoms with van der Waals surface area (Å²) in [5.41, 5.74) is 6.41. The van der Waals surface area contributed by atoms with Crippen molar-refractivity contribution in [3.05, 3.63) is 94.0 Å². The summed E-state index contributed by atoms with van der Waals surface area (Å²) in [5.74, 6) is -4.14. The Hall–Kier alpha value is -6.80. The van der Waals surface area contributed by atoms with Crippen LogP contribution < -0.4 is 31.4 Å². The lowest BCUT2D eigenvalue weighted by molar-refractivity contribution is -0.135. The van der Waals surface area contributed by atoms with Crippen molar-refractivity contribution < 1.29 is 27.6 Å². The first-order chi connectivity index (χ1) is 32.4. The van der Waals surface area contributed by atoms with E-state index < -0.39 is 47.9 Å². The molecule has 11 rings (SSSR count). The average molecular weight is 918 g/mol. The Morgan fingerprint density at radius 2 is 1.73 bits per heavy atom. The molecule has 3 saturated heterocycles. The molecule has 3 amide bonds. The fourth-order valence-corrected chi connectivity index (χ4v) is 10.5. The van der Waals surface area contributed by atoms with Gasteiger partial charge in [0.25, 0.3) is 11.8 Å². The molecular weight excluding hydrogens is 868 g/mol. The van der Waals surface area contributed by atoms with Crippen LogP contribution >= 0.6 is 0 Å². The number of hydrogen-bond donors (Lipinski definition) is 3. The number of nitrogens with one attached hydrogen (secondary N) is 3. The van der Waals surface area contributed by atoms with Gasteiger partial charge in [0, 0.05) is 95.9 Å². The average Bonchev–Trinajstić information content (AvgIpc) is 3.74. The number of anilines is 4. The van der Waals surface area contributed by atoms with Gasteiger partial charge in [0.1, 0.15) is 11.6 Å². The molecule has 1 unspecified atom stereocenters. The van der Waals surface area contributed by atoms with Crippen LogP contribution in [-0.4, -0.2) is 127 Å². The number of benzene rings is 2. The van der Waals surface area contributed by atoms with E-state index in [0.717, 1.165) is 53.0 Å². The minimum Gasteiger partial charge on any atom is -0.385 e. The molecule has 4 aromatic heterocycles.